The normalized spacial score (nSPS) is 11.5. The SMILES string of the molecule is c1ccc(-c2nc3ccc4sc5ccc(N(c6ccccc6)c6ccc(-c7ccc8ccccc8c7)cc6-c6ccccc6)cc5c4c3s2)cc1. The minimum absolute atomic E-state index is 1.05. The highest BCUT2D eigenvalue weighted by atomic mass is 32.1. The molecule has 0 aliphatic heterocycles. The van der Waals surface area contributed by atoms with Gasteiger partial charge in [0.2, 0.25) is 0 Å². The Balaban J connectivity index is 1.18. The number of aromatic nitrogens is 1. The average Bonchev–Trinajstić information content (AvgIpc) is 3.81. The Morgan fingerprint density at radius 1 is 0.431 bits per heavy atom. The fourth-order valence-electron chi connectivity index (χ4n) is 7.21. The molecule has 0 spiro atoms. The van der Waals surface area contributed by atoms with E-state index in [1.807, 2.05) is 11.3 Å². The average molecular weight is 687 g/mol. The molecule has 8 aromatic carbocycles. The molecule has 0 radical (unpaired) electrons. The lowest BCUT2D eigenvalue weighted by atomic mass is 9.95. The Morgan fingerprint density at radius 2 is 1.10 bits per heavy atom. The van der Waals surface area contributed by atoms with E-state index in [4.69, 9.17) is 4.98 Å². The van der Waals surface area contributed by atoms with E-state index in [1.165, 1.54) is 57.9 Å². The summed E-state index contributed by atoms with van der Waals surface area (Å²) in [4.78, 5) is 7.49. The van der Waals surface area contributed by atoms with Gasteiger partial charge in [0.15, 0.2) is 0 Å². The Morgan fingerprint density at radius 3 is 1.90 bits per heavy atom. The highest BCUT2D eigenvalue weighted by Crippen LogP contribution is 2.47. The number of anilines is 3. The molecule has 0 saturated heterocycles. The second kappa shape index (κ2) is 12.4. The van der Waals surface area contributed by atoms with Gasteiger partial charge in [-0.2, -0.15) is 0 Å². The zero-order valence-corrected chi connectivity index (χ0v) is 29.2. The van der Waals surface area contributed by atoms with E-state index in [9.17, 15) is 0 Å². The minimum Gasteiger partial charge on any atom is -0.310 e. The molecule has 0 N–H and O–H groups in total. The van der Waals surface area contributed by atoms with Gasteiger partial charge in [-0.25, -0.2) is 4.98 Å². The van der Waals surface area contributed by atoms with Crippen LogP contribution in [0.4, 0.5) is 17.1 Å². The highest BCUT2D eigenvalue weighted by Gasteiger charge is 2.21. The van der Waals surface area contributed by atoms with Gasteiger partial charge in [-0.15, -0.1) is 22.7 Å². The molecule has 4 heteroatoms. The van der Waals surface area contributed by atoms with Crippen LogP contribution in [0.15, 0.2) is 182 Å². The number of rotatable bonds is 6. The zero-order valence-electron chi connectivity index (χ0n) is 27.5. The summed E-state index contributed by atoms with van der Waals surface area (Å²) < 4.78 is 3.80. The maximum Gasteiger partial charge on any atom is 0.124 e. The predicted molar refractivity (Wildman–Crippen MR) is 221 cm³/mol. The lowest BCUT2D eigenvalue weighted by Gasteiger charge is -2.28. The lowest BCUT2D eigenvalue weighted by Crippen LogP contribution is -2.11. The van der Waals surface area contributed by atoms with Crippen LogP contribution in [0, 0.1) is 0 Å². The van der Waals surface area contributed by atoms with Crippen molar-refractivity contribution in [2.75, 3.05) is 4.90 Å². The molecular formula is C47H30N2S2. The van der Waals surface area contributed by atoms with Crippen molar-refractivity contribution < 1.29 is 0 Å². The molecule has 0 unspecified atom stereocenters. The van der Waals surface area contributed by atoms with Gasteiger partial charge >= 0.3 is 0 Å². The number of fused-ring (bicyclic) bond motifs is 6. The fourth-order valence-corrected chi connectivity index (χ4v) is 9.50. The number of nitrogens with zero attached hydrogens (tertiary/aromatic N) is 2. The summed E-state index contributed by atoms with van der Waals surface area (Å²) in [6.45, 7) is 0. The molecule has 51 heavy (non-hydrogen) atoms. The molecule has 0 fully saturated rings. The van der Waals surface area contributed by atoms with Crippen LogP contribution in [-0.2, 0) is 0 Å². The van der Waals surface area contributed by atoms with Crippen LogP contribution in [-0.4, -0.2) is 4.98 Å². The topological polar surface area (TPSA) is 16.1 Å². The summed E-state index contributed by atoms with van der Waals surface area (Å²) in [7, 11) is 0. The molecule has 0 aliphatic carbocycles. The van der Waals surface area contributed by atoms with Crippen LogP contribution in [0.25, 0.3) is 74.0 Å². The largest absolute Gasteiger partial charge is 0.310 e. The summed E-state index contributed by atoms with van der Waals surface area (Å²) in [5, 5.41) is 6.10. The first-order chi connectivity index (χ1) is 25.3. The molecule has 0 bridgehead atoms. The monoisotopic (exact) mass is 686 g/mol. The van der Waals surface area contributed by atoms with Crippen LogP contribution in [0.3, 0.4) is 0 Å². The minimum atomic E-state index is 1.05. The van der Waals surface area contributed by atoms with Gasteiger partial charge in [0, 0.05) is 42.7 Å². The number of para-hydroxylation sites is 1. The van der Waals surface area contributed by atoms with E-state index in [0.717, 1.165) is 33.1 Å². The van der Waals surface area contributed by atoms with Crippen LogP contribution in [0.2, 0.25) is 0 Å². The second-order valence-corrected chi connectivity index (χ2v) is 14.9. The third kappa shape index (κ3) is 5.28. The molecule has 0 aliphatic rings. The molecule has 10 aromatic rings. The highest BCUT2D eigenvalue weighted by molar-refractivity contribution is 7.28. The van der Waals surface area contributed by atoms with Crippen molar-refractivity contribution >= 4 is 80.9 Å². The Kier molecular flexibility index (Phi) is 7.23. The summed E-state index contributed by atoms with van der Waals surface area (Å²) in [6.07, 6.45) is 0. The van der Waals surface area contributed by atoms with Gasteiger partial charge in [0.05, 0.1) is 15.9 Å². The van der Waals surface area contributed by atoms with Crippen molar-refractivity contribution in [2.45, 2.75) is 0 Å². The number of thiazole rings is 1. The van der Waals surface area contributed by atoms with Crippen LogP contribution < -0.4 is 4.90 Å². The van der Waals surface area contributed by atoms with E-state index < -0.39 is 0 Å². The summed E-state index contributed by atoms with van der Waals surface area (Å²) in [6, 6.07) is 65.6. The number of hydrogen-bond donors (Lipinski definition) is 0. The molecular weight excluding hydrogens is 657 g/mol. The predicted octanol–water partition coefficient (Wildman–Crippen LogP) is 14.3. The summed E-state index contributed by atoms with van der Waals surface area (Å²) >= 11 is 3.64. The lowest BCUT2D eigenvalue weighted by molar-refractivity contribution is 1.29. The van der Waals surface area contributed by atoms with Gasteiger partial charge in [-0.05, 0) is 88.1 Å². The first kappa shape index (κ1) is 29.8. The molecule has 2 heterocycles. The maximum absolute atomic E-state index is 5.08. The number of hydrogen-bond acceptors (Lipinski definition) is 4. The molecule has 240 valence electrons. The third-order valence-electron chi connectivity index (χ3n) is 9.67. The van der Waals surface area contributed by atoms with E-state index in [2.05, 4.69) is 187 Å². The Hall–Kier alpha value is -6.07. The number of thiophene rings is 1. The van der Waals surface area contributed by atoms with Crippen LogP contribution >= 0.6 is 22.7 Å². The van der Waals surface area contributed by atoms with Crippen LogP contribution in [0.5, 0.6) is 0 Å². The van der Waals surface area contributed by atoms with Gasteiger partial charge < -0.3 is 4.90 Å². The summed E-state index contributed by atoms with van der Waals surface area (Å²) in [5.74, 6) is 0. The van der Waals surface area contributed by atoms with Crippen molar-refractivity contribution in [2.24, 2.45) is 0 Å². The zero-order chi connectivity index (χ0) is 33.7. The maximum atomic E-state index is 5.08. The molecule has 0 saturated carbocycles. The third-order valence-corrected chi connectivity index (χ3v) is 11.9. The van der Waals surface area contributed by atoms with Gasteiger partial charge in [-0.1, -0.05) is 121 Å². The fraction of sp³-hybridized carbons (Fsp3) is 0. The van der Waals surface area contributed by atoms with Gasteiger partial charge in [-0.3, -0.25) is 0 Å². The Bertz CT molecular complexity index is 2860. The van der Waals surface area contributed by atoms with Crippen LogP contribution in [0.1, 0.15) is 0 Å². The molecule has 0 amide bonds. The molecule has 2 nitrogen and oxygen atoms in total. The molecule has 2 aromatic heterocycles. The van der Waals surface area contributed by atoms with Crippen molar-refractivity contribution in [3.8, 4) is 32.8 Å². The van der Waals surface area contributed by atoms with E-state index in [1.54, 1.807) is 11.3 Å². The van der Waals surface area contributed by atoms with E-state index in [-0.39, 0.29) is 0 Å². The van der Waals surface area contributed by atoms with Crippen molar-refractivity contribution in [1.82, 2.24) is 4.98 Å². The van der Waals surface area contributed by atoms with Crippen molar-refractivity contribution in [3.05, 3.63) is 182 Å². The van der Waals surface area contributed by atoms with Crippen molar-refractivity contribution in [3.63, 3.8) is 0 Å². The van der Waals surface area contributed by atoms with Gasteiger partial charge in [0.1, 0.15) is 5.01 Å². The number of benzene rings is 8. The standard InChI is InChI=1S/C47H30N2S2/c1-4-13-32(14-5-1)39-29-36(35-21-20-31-12-10-11-17-34(31)28-35)22-25-42(39)49(37-18-8-3-9-19-37)38-23-26-43-40(30-38)45-44(50-43)27-24-41-46(45)51-47(48-41)33-15-6-2-7-16-33/h1-30H. The van der Waals surface area contributed by atoms with Crippen molar-refractivity contribution in [1.29, 1.82) is 0 Å². The van der Waals surface area contributed by atoms with E-state index >= 15 is 0 Å². The van der Waals surface area contributed by atoms with Gasteiger partial charge in [0.25, 0.3) is 0 Å². The van der Waals surface area contributed by atoms with E-state index in [0.29, 0.717) is 0 Å². The molecule has 0 atom stereocenters. The summed E-state index contributed by atoms with van der Waals surface area (Å²) in [5.41, 5.74) is 10.3. The molecule has 10 rings (SSSR count). The second-order valence-electron chi connectivity index (χ2n) is 12.8. The Labute approximate surface area is 304 Å². The first-order valence-corrected chi connectivity index (χ1v) is 18.8. The quantitative estimate of drug-likeness (QED) is 0.173. The smallest absolute Gasteiger partial charge is 0.124 e. The first-order valence-electron chi connectivity index (χ1n) is 17.1.